The SMILES string of the molecule is N#Cc1nnc2ccccc2c1N1CCN(Cc2ccc3c(c2)OCO3)CC1. The molecule has 140 valence electrons. The number of aromatic nitrogens is 2. The predicted octanol–water partition coefficient (Wildman–Crippen LogP) is 2.55. The Bertz CT molecular complexity index is 1070. The zero-order valence-electron chi connectivity index (χ0n) is 15.3. The molecule has 0 aliphatic carbocycles. The van der Waals surface area contributed by atoms with Crippen molar-refractivity contribution in [3.63, 3.8) is 0 Å². The van der Waals surface area contributed by atoms with Crippen LogP contribution < -0.4 is 14.4 Å². The number of hydrogen-bond acceptors (Lipinski definition) is 7. The summed E-state index contributed by atoms with van der Waals surface area (Å²) in [7, 11) is 0. The highest BCUT2D eigenvalue weighted by Crippen LogP contribution is 2.33. The number of ether oxygens (including phenoxy) is 2. The first-order chi connectivity index (χ1) is 13.8. The van der Waals surface area contributed by atoms with Crippen LogP contribution in [0, 0.1) is 11.3 Å². The van der Waals surface area contributed by atoms with E-state index in [2.05, 4.69) is 38.2 Å². The first-order valence-corrected chi connectivity index (χ1v) is 9.33. The lowest BCUT2D eigenvalue weighted by atomic mass is 10.1. The first-order valence-electron chi connectivity index (χ1n) is 9.33. The van der Waals surface area contributed by atoms with Gasteiger partial charge in [-0.15, -0.1) is 10.2 Å². The summed E-state index contributed by atoms with van der Waals surface area (Å²) >= 11 is 0. The van der Waals surface area contributed by atoms with Crippen LogP contribution in [0.3, 0.4) is 0 Å². The number of rotatable bonds is 3. The van der Waals surface area contributed by atoms with E-state index in [0.29, 0.717) is 12.5 Å². The number of nitriles is 1. The van der Waals surface area contributed by atoms with Crippen molar-refractivity contribution in [1.82, 2.24) is 15.1 Å². The number of fused-ring (bicyclic) bond motifs is 2. The van der Waals surface area contributed by atoms with Crippen molar-refractivity contribution in [2.45, 2.75) is 6.54 Å². The molecular weight excluding hydrogens is 354 g/mol. The van der Waals surface area contributed by atoms with Crippen molar-refractivity contribution < 1.29 is 9.47 Å². The van der Waals surface area contributed by atoms with E-state index >= 15 is 0 Å². The summed E-state index contributed by atoms with van der Waals surface area (Å²) in [5, 5.41) is 18.8. The molecule has 5 rings (SSSR count). The van der Waals surface area contributed by atoms with E-state index in [0.717, 1.165) is 60.8 Å². The number of nitrogens with zero attached hydrogens (tertiary/aromatic N) is 5. The molecule has 2 aromatic carbocycles. The molecule has 0 amide bonds. The van der Waals surface area contributed by atoms with Gasteiger partial charge in [0, 0.05) is 38.1 Å². The molecule has 7 heteroatoms. The van der Waals surface area contributed by atoms with Crippen LogP contribution in [0.15, 0.2) is 42.5 Å². The molecule has 0 radical (unpaired) electrons. The van der Waals surface area contributed by atoms with Crippen molar-refractivity contribution in [3.8, 4) is 17.6 Å². The second-order valence-corrected chi connectivity index (χ2v) is 6.98. The zero-order valence-corrected chi connectivity index (χ0v) is 15.3. The van der Waals surface area contributed by atoms with E-state index in [4.69, 9.17) is 9.47 Å². The maximum absolute atomic E-state index is 9.52. The van der Waals surface area contributed by atoms with Crippen LogP contribution in [0.1, 0.15) is 11.3 Å². The fraction of sp³-hybridized carbons (Fsp3) is 0.286. The maximum Gasteiger partial charge on any atom is 0.231 e. The zero-order chi connectivity index (χ0) is 18.9. The van der Waals surface area contributed by atoms with E-state index in [1.165, 1.54) is 5.56 Å². The molecule has 1 saturated heterocycles. The topological polar surface area (TPSA) is 74.5 Å². The van der Waals surface area contributed by atoms with Crippen molar-refractivity contribution in [3.05, 3.63) is 53.7 Å². The Morgan fingerprint density at radius 2 is 1.79 bits per heavy atom. The van der Waals surface area contributed by atoms with E-state index in [9.17, 15) is 5.26 Å². The van der Waals surface area contributed by atoms with Crippen LogP contribution >= 0.6 is 0 Å². The predicted molar refractivity (Wildman–Crippen MR) is 104 cm³/mol. The molecule has 0 spiro atoms. The van der Waals surface area contributed by atoms with Gasteiger partial charge in [-0.25, -0.2) is 0 Å². The minimum Gasteiger partial charge on any atom is -0.454 e. The molecule has 3 aromatic rings. The minimum atomic E-state index is 0.298. The van der Waals surface area contributed by atoms with Crippen LogP contribution in [0.5, 0.6) is 11.5 Å². The fourth-order valence-corrected chi connectivity index (χ4v) is 3.86. The van der Waals surface area contributed by atoms with Gasteiger partial charge >= 0.3 is 0 Å². The van der Waals surface area contributed by atoms with Crippen LogP contribution in [-0.2, 0) is 6.54 Å². The van der Waals surface area contributed by atoms with Gasteiger partial charge in [0.2, 0.25) is 6.79 Å². The maximum atomic E-state index is 9.52. The van der Waals surface area contributed by atoms with Crippen LogP contribution in [-0.4, -0.2) is 48.1 Å². The molecule has 0 N–H and O–H groups in total. The number of hydrogen-bond donors (Lipinski definition) is 0. The highest BCUT2D eigenvalue weighted by Gasteiger charge is 2.23. The van der Waals surface area contributed by atoms with Gasteiger partial charge in [-0.1, -0.05) is 24.3 Å². The van der Waals surface area contributed by atoms with Crippen molar-refractivity contribution in [2.75, 3.05) is 37.9 Å². The third-order valence-electron chi connectivity index (χ3n) is 5.28. The number of anilines is 1. The summed E-state index contributed by atoms with van der Waals surface area (Å²) in [5.74, 6) is 1.64. The average Bonchev–Trinajstić information content (AvgIpc) is 3.21. The van der Waals surface area contributed by atoms with Gasteiger partial charge in [-0.3, -0.25) is 4.90 Å². The molecule has 0 bridgehead atoms. The molecule has 2 aliphatic rings. The van der Waals surface area contributed by atoms with Gasteiger partial charge in [0.1, 0.15) is 6.07 Å². The van der Waals surface area contributed by atoms with Gasteiger partial charge < -0.3 is 14.4 Å². The molecule has 3 heterocycles. The second-order valence-electron chi connectivity index (χ2n) is 6.98. The van der Waals surface area contributed by atoms with Gasteiger partial charge in [0.05, 0.1) is 11.2 Å². The standard InChI is InChI=1S/C21H19N5O2/c22-12-18-21(16-3-1-2-4-17(16)23-24-18)26-9-7-25(8-10-26)13-15-5-6-19-20(11-15)28-14-27-19/h1-6,11H,7-10,13-14H2. The molecule has 2 aliphatic heterocycles. The normalized spacial score (nSPS) is 16.3. The van der Waals surface area contributed by atoms with Crippen LogP contribution in [0.4, 0.5) is 5.69 Å². The lowest BCUT2D eigenvalue weighted by Crippen LogP contribution is -2.46. The highest BCUT2D eigenvalue weighted by molar-refractivity contribution is 5.93. The Balaban J connectivity index is 1.33. The largest absolute Gasteiger partial charge is 0.454 e. The molecule has 0 atom stereocenters. The molecule has 7 nitrogen and oxygen atoms in total. The monoisotopic (exact) mass is 373 g/mol. The lowest BCUT2D eigenvalue weighted by Gasteiger charge is -2.36. The quantitative estimate of drug-likeness (QED) is 0.698. The van der Waals surface area contributed by atoms with Crippen molar-refractivity contribution in [2.24, 2.45) is 0 Å². The summed E-state index contributed by atoms with van der Waals surface area (Å²) in [6.45, 7) is 4.67. The van der Waals surface area contributed by atoms with Crippen LogP contribution in [0.2, 0.25) is 0 Å². The third-order valence-corrected chi connectivity index (χ3v) is 5.28. The fourth-order valence-electron chi connectivity index (χ4n) is 3.86. The number of piperazine rings is 1. The third kappa shape index (κ3) is 2.98. The van der Waals surface area contributed by atoms with Gasteiger partial charge in [0.25, 0.3) is 0 Å². The second kappa shape index (κ2) is 6.98. The van der Waals surface area contributed by atoms with Crippen molar-refractivity contribution in [1.29, 1.82) is 5.26 Å². The summed E-state index contributed by atoms with van der Waals surface area (Å²) in [4.78, 5) is 4.67. The first kappa shape index (κ1) is 16.8. The molecule has 0 saturated carbocycles. The summed E-state index contributed by atoms with van der Waals surface area (Å²) in [6.07, 6.45) is 0. The molecule has 1 aromatic heterocycles. The summed E-state index contributed by atoms with van der Waals surface area (Å²) < 4.78 is 10.9. The Morgan fingerprint density at radius 3 is 2.64 bits per heavy atom. The Labute approximate surface area is 162 Å². The Morgan fingerprint density at radius 1 is 0.964 bits per heavy atom. The van der Waals surface area contributed by atoms with E-state index < -0.39 is 0 Å². The Hall–Kier alpha value is -3.37. The molecule has 28 heavy (non-hydrogen) atoms. The molecule has 0 unspecified atom stereocenters. The van der Waals surface area contributed by atoms with E-state index in [-0.39, 0.29) is 0 Å². The van der Waals surface area contributed by atoms with Crippen LogP contribution in [0.25, 0.3) is 10.9 Å². The smallest absolute Gasteiger partial charge is 0.231 e. The van der Waals surface area contributed by atoms with E-state index in [1.807, 2.05) is 30.3 Å². The minimum absolute atomic E-state index is 0.298. The molecular formula is C21H19N5O2. The number of benzene rings is 2. The van der Waals surface area contributed by atoms with E-state index in [1.54, 1.807) is 0 Å². The van der Waals surface area contributed by atoms with Crippen molar-refractivity contribution >= 4 is 16.6 Å². The summed E-state index contributed by atoms with van der Waals surface area (Å²) in [6, 6.07) is 16.2. The van der Waals surface area contributed by atoms with Gasteiger partial charge in [0.15, 0.2) is 17.2 Å². The molecule has 1 fully saturated rings. The lowest BCUT2D eigenvalue weighted by molar-refractivity contribution is 0.174. The van der Waals surface area contributed by atoms with Gasteiger partial charge in [-0.05, 0) is 23.8 Å². The van der Waals surface area contributed by atoms with Gasteiger partial charge in [-0.2, -0.15) is 5.26 Å². The summed E-state index contributed by atoms with van der Waals surface area (Å²) in [5.41, 5.74) is 3.32. The average molecular weight is 373 g/mol. The highest BCUT2D eigenvalue weighted by atomic mass is 16.7. The Kier molecular flexibility index (Phi) is 4.18.